The molecule has 0 fully saturated rings. The van der Waals surface area contributed by atoms with Crippen molar-refractivity contribution in [1.29, 1.82) is 0 Å². The van der Waals surface area contributed by atoms with Crippen molar-refractivity contribution in [3.63, 3.8) is 0 Å². The van der Waals surface area contributed by atoms with Crippen LogP contribution in [0.15, 0.2) is 71.6 Å². The third kappa shape index (κ3) is 3.94. The summed E-state index contributed by atoms with van der Waals surface area (Å²) >= 11 is 1.44. The molecule has 140 valence electrons. The minimum Gasteiger partial charge on any atom is -0.497 e. The van der Waals surface area contributed by atoms with Gasteiger partial charge in [-0.2, -0.15) is 0 Å². The zero-order valence-electron chi connectivity index (χ0n) is 15.1. The maximum absolute atomic E-state index is 12.4. The van der Waals surface area contributed by atoms with Crippen molar-refractivity contribution >= 4 is 22.4 Å². The first-order valence-corrected chi connectivity index (χ1v) is 9.42. The summed E-state index contributed by atoms with van der Waals surface area (Å²) in [7, 11) is 1.64. The molecule has 3 heterocycles. The zero-order valence-corrected chi connectivity index (χ0v) is 15.9. The highest BCUT2D eigenvalue weighted by molar-refractivity contribution is 7.16. The molecule has 3 aromatic heterocycles. The molecule has 0 atom stereocenters. The van der Waals surface area contributed by atoms with Crippen molar-refractivity contribution in [3.8, 4) is 17.2 Å². The lowest BCUT2D eigenvalue weighted by atomic mass is 10.1. The average molecular weight is 391 g/mol. The number of furan rings is 1. The molecule has 0 aliphatic carbocycles. The Morgan fingerprint density at radius 3 is 2.61 bits per heavy atom. The standard InChI is InChI=1S/C21H17N3O3S/c1-26-16-6-4-14(5-7-16)13-18-19(17-3-2-12-27-17)23-21(28-18)24-20(25)15-8-10-22-11-9-15/h2-12H,13H2,1H3,(H,23,24,25). The number of aromatic nitrogens is 2. The molecule has 0 aliphatic heterocycles. The van der Waals surface area contributed by atoms with Gasteiger partial charge in [0.05, 0.1) is 13.4 Å². The van der Waals surface area contributed by atoms with Crippen LogP contribution < -0.4 is 10.1 Å². The Labute approximate surface area is 165 Å². The molecule has 4 aromatic rings. The topological polar surface area (TPSA) is 77.2 Å². The van der Waals surface area contributed by atoms with Crippen LogP contribution in [0.4, 0.5) is 5.13 Å². The van der Waals surface area contributed by atoms with E-state index in [1.54, 1.807) is 37.9 Å². The van der Waals surface area contributed by atoms with Crippen LogP contribution in [0.5, 0.6) is 5.75 Å². The third-order valence-electron chi connectivity index (χ3n) is 4.14. The molecule has 0 saturated heterocycles. The van der Waals surface area contributed by atoms with Crippen molar-refractivity contribution in [2.45, 2.75) is 6.42 Å². The molecule has 1 aromatic carbocycles. The summed E-state index contributed by atoms with van der Waals surface area (Å²) < 4.78 is 10.8. The van der Waals surface area contributed by atoms with Crippen molar-refractivity contribution in [1.82, 2.24) is 9.97 Å². The fourth-order valence-corrected chi connectivity index (χ4v) is 3.73. The van der Waals surface area contributed by atoms with Crippen LogP contribution in [0, 0.1) is 0 Å². The van der Waals surface area contributed by atoms with Gasteiger partial charge in [-0.15, -0.1) is 11.3 Å². The van der Waals surface area contributed by atoms with Gasteiger partial charge in [0.25, 0.3) is 5.91 Å². The number of carbonyl (C=O) groups is 1. The minimum atomic E-state index is -0.224. The third-order valence-corrected chi connectivity index (χ3v) is 5.11. The Bertz CT molecular complexity index is 1060. The highest BCUT2D eigenvalue weighted by atomic mass is 32.1. The van der Waals surface area contributed by atoms with Crippen LogP contribution in [0.1, 0.15) is 20.8 Å². The van der Waals surface area contributed by atoms with E-state index in [0.29, 0.717) is 22.9 Å². The molecule has 0 spiro atoms. The number of hydrogen-bond donors (Lipinski definition) is 1. The summed E-state index contributed by atoms with van der Waals surface area (Å²) in [6.45, 7) is 0. The van der Waals surface area contributed by atoms with Gasteiger partial charge in [0.15, 0.2) is 10.9 Å². The van der Waals surface area contributed by atoms with Crippen molar-refractivity contribution in [2.24, 2.45) is 0 Å². The van der Waals surface area contributed by atoms with Gasteiger partial charge >= 0.3 is 0 Å². The van der Waals surface area contributed by atoms with Gasteiger partial charge in [-0.25, -0.2) is 4.98 Å². The highest BCUT2D eigenvalue weighted by Crippen LogP contribution is 2.33. The smallest absolute Gasteiger partial charge is 0.257 e. The fourth-order valence-electron chi connectivity index (χ4n) is 2.73. The average Bonchev–Trinajstić information content (AvgIpc) is 3.39. The van der Waals surface area contributed by atoms with E-state index in [0.717, 1.165) is 21.9 Å². The molecule has 4 rings (SSSR count). The van der Waals surface area contributed by atoms with Crippen LogP contribution >= 0.6 is 11.3 Å². The van der Waals surface area contributed by atoms with E-state index in [1.165, 1.54) is 11.3 Å². The van der Waals surface area contributed by atoms with Gasteiger partial charge in [0.1, 0.15) is 11.4 Å². The number of ether oxygens (including phenoxy) is 1. The first-order chi connectivity index (χ1) is 13.7. The predicted octanol–water partition coefficient (Wildman–Crippen LogP) is 4.65. The number of benzene rings is 1. The molecule has 0 saturated carbocycles. The number of amides is 1. The lowest BCUT2D eigenvalue weighted by Crippen LogP contribution is -2.11. The summed E-state index contributed by atoms with van der Waals surface area (Å²) in [6.07, 6.45) is 5.45. The first-order valence-electron chi connectivity index (χ1n) is 8.61. The highest BCUT2D eigenvalue weighted by Gasteiger charge is 2.17. The molecule has 0 bridgehead atoms. The lowest BCUT2D eigenvalue weighted by Gasteiger charge is -2.03. The Morgan fingerprint density at radius 2 is 1.93 bits per heavy atom. The van der Waals surface area contributed by atoms with Gasteiger partial charge in [0, 0.05) is 29.3 Å². The maximum atomic E-state index is 12.4. The second-order valence-corrected chi connectivity index (χ2v) is 7.07. The number of thiazole rings is 1. The molecular formula is C21H17N3O3S. The van der Waals surface area contributed by atoms with Gasteiger partial charge in [0.2, 0.25) is 0 Å². The maximum Gasteiger partial charge on any atom is 0.257 e. The van der Waals surface area contributed by atoms with Gasteiger partial charge in [-0.05, 0) is 42.0 Å². The van der Waals surface area contributed by atoms with E-state index in [4.69, 9.17) is 9.15 Å². The van der Waals surface area contributed by atoms with Gasteiger partial charge in [-0.1, -0.05) is 12.1 Å². The summed E-state index contributed by atoms with van der Waals surface area (Å²) in [5, 5.41) is 3.39. The number of hydrogen-bond acceptors (Lipinski definition) is 6. The van der Waals surface area contributed by atoms with E-state index in [9.17, 15) is 4.79 Å². The Balaban J connectivity index is 1.62. The largest absolute Gasteiger partial charge is 0.497 e. The quantitative estimate of drug-likeness (QED) is 0.518. The number of carbonyl (C=O) groups excluding carboxylic acids is 1. The van der Waals surface area contributed by atoms with Crippen molar-refractivity contribution in [2.75, 3.05) is 12.4 Å². The molecule has 6 nitrogen and oxygen atoms in total. The molecule has 0 radical (unpaired) electrons. The minimum absolute atomic E-state index is 0.224. The van der Waals surface area contributed by atoms with E-state index in [2.05, 4.69) is 15.3 Å². The second-order valence-electron chi connectivity index (χ2n) is 5.98. The van der Waals surface area contributed by atoms with Crippen molar-refractivity contribution in [3.05, 3.63) is 83.2 Å². The van der Waals surface area contributed by atoms with Crippen LogP contribution in [-0.4, -0.2) is 23.0 Å². The van der Waals surface area contributed by atoms with Gasteiger partial charge in [-0.3, -0.25) is 15.1 Å². The summed E-state index contributed by atoms with van der Waals surface area (Å²) in [5.74, 6) is 1.26. The van der Waals surface area contributed by atoms with Crippen LogP contribution in [0.3, 0.4) is 0 Å². The van der Waals surface area contributed by atoms with Gasteiger partial charge < -0.3 is 9.15 Å². The lowest BCUT2D eigenvalue weighted by molar-refractivity contribution is 0.102. The van der Waals surface area contributed by atoms with Crippen LogP contribution in [-0.2, 0) is 6.42 Å². The first kappa shape index (κ1) is 17.9. The van der Waals surface area contributed by atoms with Crippen molar-refractivity contribution < 1.29 is 13.9 Å². The number of pyridine rings is 1. The molecule has 1 N–H and O–H groups in total. The monoisotopic (exact) mass is 391 g/mol. The Hall–Kier alpha value is -3.45. The number of rotatable bonds is 6. The van der Waals surface area contributed by atoms with Crippen LogP contribution in [0.2, 0.25) is 0 Å². The molecule has 7 heteroatoms. The molecule has 0 unspecified atom stereocenters. The van der Waals surface area contributed by atoms with E-state index >= 15 is 0 Å². The molecule has 28 heavy (non-hydrogen) atoms. The van der Waals surface area contributed by atoms with E-state index < -0.39 is 0 Å². The van der Waals surface area contributed by atoms with Crippen LogP contribution in [0.25, 0.3) is 11.5 Å². The number of methoxy groups -OCH3 is 1. The summed E-state index contributed by atoms with van der Waals surface area (Å²) in [4.78, 5) is 22.0. The normalized spacial score (nSPS) is 10.6. The predicted molar refractivity (Wildman–Crippen MR) is 108 cm³/mol. The molecular weight excluding hydrogens is 374 g/mol. The Kier molecular flexibility index (Phi) is 5.16. The molecule has 1 amide bonds. The van der Waals surface area contributed by atoms with E-state index in [-0.39, 0.29) is 5.91 Å². The summed E-state index contributed by atoms with van der Waals surface area (Å²) in [5.41, 5.74) is 2.38. The number of anilines is 1. The Morgan fingerprint density at radius 1 is 1.14 bits per heavy atom. The zero-order chi connectivity index (χ0) is 19.3. The SMILES string of the molecule is COc1ccc(Cc2sc(NC(=O)c3ccncc3)nc2-c2ccco2)cc1. The molecule has 0 aliphatic rings. The summed E-state index contributed by atoms with van der Waals surface area (Å²) in [6, 6.07) is 14.9. The number of nitrogens with one attached hydrogen (secondary N) is 1. The fraction of sp³-hybridized carbons (Fsp3) is 0.0952. The van der Waals surface area contributed by atoms with E-state index in [1.807, 2.05) is 36.4 Å². The second kappa shape index (κ2) is 8.06. The number of nitrogens with zero attached hydrogens (tertiary/aromatic N) is 2.